The second-order valence-corrected chi connectivity index (χ2v) is 6.73. The predicted molar refractivity (Wildman–Crippen MR) is 62.4 cm³/mol. The maximum Gasteiger partial charge on any atom is 0.240 e. The first kappa shape index (κ1) is 13.4. The van der Waals surface area contributed by atoms with Gasteiger partial charge in [-0.3, -0.25) is 4.79 Å². The molecule has 1 aliphatic rings. The van der Waals surface area contributed by atoms with Gasteiger partial charge in [0.05, 0.1) is 6.26 Å². The normalized spacial score (nSPS) is 25.2. The van der Waals surface area contributed by atoms with Gasteiger partial charge < -0.3 is 5.32 Å². The number of hydrogen-bond acceptors (Lipinski definition) is 3. The van der Waals surface area contributed by atoms with Crippen LogP contribution < -0.4 is 10.0 Å². The maximum atomic E-state index is 11.8. The van der Waals surface area contributed by atoms with Crippen molar-refractivity contribution >= 4 is 15.9 Å². The summed E-state index contributed by atoms with van der Waals surface area (Å²) in [5.74, 6) is 0.289. The van der Waals surface area contributed by atoms with E-state index in [0.717, 1.165) is 19.1 Å². The largest absolute Gasteiger partial charge is 0.351 e. The van der Waals surface area contributed by atoms with Gasteiger partial charge in [-0.2, -0.15) is 0 Å². The molecule has 6 heteroatoms. The first-order valence-corrected chi connectivity index (χ1v) is 7.35. The van der Waals surface area contributed by atoms with Gasteiger partial charge in [0.15, 0.2) is 0 Å². The Bertz CT molecular complexity index is 376. The molecule has 0 radical (unpaired) electrons. The Hall–Kier alpha value is -0.620. The van der Waals surface area contributed by atoms with Crippen LogP contribution in [0.1, 0.15) is 33.6 Å². The molecule has 0 saturated heterocycles. The highest BCUT2D eigenvalue weighted by Gasteiger charge is 2.40. The van der Waals surface area contributed by atoms with Crippen LogP contribution in [-0.4, -0.2) is 32.2 Å². The fourth-order valence-electron chi connectivity index (χ4n) is 1.73. The van der Waals surface area contributed by atoms with Gasteiger partial charge in [-0.1, -0.05) is 13.3 Å². The molecule has 0 aromatic rings. The van der Waals surface area contributed by atoms with Gasteiger partial charge in [0.1, 0.15) is 5.54 Å². The van der Waals surface area contributed by atoms with Gasteiger partial charge in [0, 0.05) is 6.04 Å². The zero-order valence-corrected chi connectivity index (χ0v) is 11.0. The Kier molecular flexibility index (Phi) is 3.64. The van der Waals surface area contributed by atoms with E-state index in [9.17, 15) is 13.2 Å². The molecule has 2 atom stereocenters. The molecule has 2 N–H and O–H groups in total. The molecule has 0 aliphatic heterocycles. The summed E-state index contributed by atoms with van der Waals surface area (Å²) >= 11 is 0. The average molecular weight is 248 g/mol. The van der Waals surface area contributed by atoms with Crippen LogP contribution in [0.5, 0.6) is 0 Å². The minimum absolute atomic E-state index is 0.220. The van der Waals surface area contributed by atoms with E-state index in [-0.39, 0.29) is 11.9 Å². The standard InChI is InChI=1S/C10H20N2O3S/c1-5-7-6-8(7)11-9(13)10(2,3)12-16(4,14)15/h7-8,12H,5-6H2,1-4H3,(H,11,13)/t7-,8-/m1/s1. The molecule has 1 amide bonds. The predicted octanol–water partition coefficient (Wildman–Crippen LogP) is 0.229. The van der Waals surface area contributed by atoms with Gasteiger partial charge in [-0.25, -0.2) is 13.1 Å². The van der Waals surface area contributed by atoms with Crippen molar-refractivity contribution in [2.45, 2.75) is 45.2 Å². The third-order valence-corrected chi connectivity index (χ3v) is 3.65. The molecule has 94 valence electrons. The fourth-order valence-corrected chi connectivity index (χ4v) is 2.75. The quantitative estimate of drug-likeness (QED) is 0.731. The fraction of sp³-hybridized carbons (Fsp3) is 0.900. The molecule has 1 aliphatic carbocycles. The number of rotatable bonds is 5. The average Bonchev–Trinajstić information content (AvgIpc) is 2.78. The topological polar surface area (TPSA) is 75.3 Å². The summed E-state index contributed by atoms with van der Waals surface area (Å²) < 4.78 is 24.5. The number of carbonyl (C=O) groups is 1. The third-order valence-electron chi connectivity index (χ3n) is 2.77. The lowest BCUT2D eigenvalue weighted by Crippen LogP contribution is -2.54. The van der Waals surface area contributed by atoms with Gasteiger partial charge in [-0.05, 0) is 26.2 Å². The van der Waals surface area contributed by atoms with Crippen LogP contribution in [-0.2, 0) is 14.8 Å². The van der Waals surface area contributed by atoms with Crippen LogP contribution in [0.25, 0.3) is 0 Å². The summed E-state index contributed by atoms with van der Waals surface area (Å²) in [6.45, 7) is 5.20. The molecule has 0 spiro atoms. The van der Waals surface area contributed by atoms with E-state index < -0.39 is 15.6 Å². The molecule has 5 nitrogen and oxygen atoms in total. The highest BCUT2D eigenvalue weighted by atomic mass is 32.2. The molecule has 1 fully saturated rings. The van der Waals surface area contributed by atoms with Crippen molar-refractivity contribution in [1.82, 2.24) is 10.0 Å². The lowest BCUT2D eigenvalue weighted by molar-refractivity contribution is -0.126. The van der Waals surface area contributed by atoms with Crippen LogP contribution in [0.3, 0.4) is 0 Å². The van der Waals surface area contributed by atoms with Gasteiger partial charge in [-0.15, -0.1) is 0 Å². The van der Waals surface area contributed by atoms with Crippen LogP contribution in [0, 0.1) is 5.92 Å². The second-order valence-electron chi connectivity index (χ2n) is 4.98. The van der Waals surface area contributed by atoms with E-state index in [2.05, 4.69) is 17.0 Å². The Labute approximate surface area is 97.0 Å². The number of sulfonamides is 1. The van der Waals surface area contributed by atoms with Gasteiger partial charge in [0.25, 0.3) is 0 Å². The van der Waals surface area contributed by atoms with E-state index in [4.69, 9.17) is 0 Å². The van der Waals surface area contributed by atoms with E-state index in [1.54, 1.807) is 13.8 Å². The van der Waals surface area contributed by atoms with Crippen molar-refractivity contribution in [3.63, 3.8) is 0 Å². The van der Waals surface area contributed by atoms with Crippen molar-refractivity contribution in [1.29, 1.82) is 0 Å². The molecule has 0 aromatic heterocycles. The Balaban J connectivity index is 2.53. The molecule has 16 heavy (non-hydrogen) atoms. The Morgan fingerprint density at radius 1 is 1.44 bits per heavy atom. The molecular formula is C10H20N2O3S. The summed E-state index contributed by atoms with van der Waals surface area (Å²) in [6, 6.07) is 0.220. The zero-order valence-electron chi connectivity index (χ0n) is 10.2. The zero-order chi connectivity index (χ0) is 12.6. The molecule has 0 aromatic carbocycles. The third kappa shape index (κ3) is 3.75. The maximum absolute atomic E-state index is 11.8. The lowest BCUT2D eigenvalue weighted by Gasteiger charge is -2.23. The van der Waals surface area contributed by atoms with E-state index in [1.165, 1.54) is 0 Å². The Morgan fingerprint density at radius 2 is 2.00 bits per heavy atom. The van der Waals surface area contributed by atoms with E-state index in [1.807, 2.05) is 0 Å². The van der Waals surface area contributed by atoms with Gasteiger partial charge >= 0.3 is 0 Å². The summed E-state index contributed by atoms with van der Waals surface area (Å²) in [5.41, 5.74) is -1.09. The SMILES string of the molecule is CC[C@@H]1C[C@H]1NC(=O)C(C)(C)NS(C)(=O)=O. The van der Waals surface area contributed by atoms with E-state index in [0.29, 0.717) is 5.92 Å². The molecule has 0 unspecified atom stereocenters. The summed E-state index contributed by atoms with van der Waals surface area (Å²) in [7, 11) is -3.37. The minimum Gasteiger partial charge on any atom is -0.351 e. The number of amides is 1. The highest BCUT2D eigenvalue weighted by molar-refractivity contribution is 7.88. The molecule has 1 saturated carbocycles. The Morgan fingerprint density at radius 3 is 2.38 bits per heavy atom. The minimum atomic E-state index is -3.37. The molecule has 0 bridgehead atoms. The first-order valence-electron chi connectivity index (χ1n) is 5.45. The van der Waals surface area contributed by atoms with Crippen molar-refractivity contribution in [2.24, 2.45) is 5.92 Å². The first-order chi connectivity index (χ1) is 7.15. The molecule has 0 heterocycles. The highest BCUT2D eigenvalue weighted by Crippen LogP contribution is 2.33. The van der Waals surface area contributed by atoms with E-state index >= 15 is 0 Å². The smallest absolute Gasteiger partial charge is 0.240 e. The van der Waals surface area contributed by atoms with Crippen LogP contribution in [0.4, 0.5) is 0 Å². The monoisotopic (exact) mass is 248 g/mol. The number of nitrogens with one attached hydrogen (secondary N) is 2. The van der Waals surface area contributed by atoms with Crippen molar-refractivity contribution in [2.75, 3.05) is 6.26 Å². The van der Waals surface area contributed by atoms with Crippen LogP contribution >= 0.6 is 0 Å². The molecule has 1 rings (SSSR count). The summed E-state index contributed by atoms with van der Waals surface area (Å²) in [6.07, 6.45) is 3.09. The van der Waals surface area contributed by atoms with Crippen molar-refractivity contribution in [3.8, 4) is 0 Å². The number of hydrogen-bond donors (Lipinski definition) is 2. The van der Waals surface area contributed by atoms with Crippen molar-refractivity contribution in [3.05, 3.63) is 0 Å². The second kappa shape index (κ2) is 4.33. The van der Waals surface area contributed by atoms with Crippen LogP contribution in [0.2, 0.25) is 0 Å². The lowest BCUT2D eigenvalue weighted by atomic mass is 10.1. The summed E-state index contributed by atoms with van der Waals surface area (Å²) in [4.78, 5) is 11.8. The summed E-state index contributed by atoms with van der Waals surface area (Å²) in [5, 5.41) is 2.85. The number of carbonyl (C=O) groups excluding carboxylic acids is 1. The van der Waals surface area contributed by atoms with Crippen molar-refractivity contribution < 1.29 is 13.2 Å². The van der Waals surface area contributed by atoms with Crippen LogP contribution in [0.15, 0.2) is 0 Å². The van der Waals surface area contributed by atoms with Gasteiger partial charge in [0.2, 0.25) is 15.9 Å². The molecular weight excluding hydrogens is 228 g/mol.